The number of carbonyl (C=O) groups is 2. The van der Waals surface area contributed by atoms with E-state index in [4.69, 9.17) is 33.3 Å². The Labute approximate surface area is 224 Å². The van der Waals surface area contributed by atoms with Crippen LogP contribution in [0.4, 0.5) is 11.4 Å². The minimum absolute atomic E-state index is 0.178. The molecule has 0 aliphatic carbocycles. The summed E-state index contributed by atoms with van der Waals surface area (Å²) in [5, 5.41) is 3.42. The zero-order chi connectivity index (χ0) is 25.8. The maximum absolute atomic E-state index is 13.0. The SMILES string of the molecule is COc1cc(/C=C2\SC(=S)N(c3ccc(Cl)cc3)C2=O)ccc1OCC(=O)Nc1cc(C)cc(C)c1. The Morgan fingerprint density at radius 3 is 2.42 bits per heavy atom. The summed E-state index contributed by atoms with van der Waals surface area (Å²) in [6, 6.07) is 18.0. The van der Waals surface area contributed by atoms with Crippen molar-refractivity contribution in [2.75, 3.05) is 23.9 Å². The Kier molecular flexibility index (Phi) is 7.98. The predicted octanol–water partition coefficient (Wildman–Crippen LogP) is 6.39. The summed E-state index contributed by atoms with van der Waals surface area (Å²) in [5.74, 6) is 0.363. The van der Waals surface area contributed by atoms with Gasteiger partial charge in [0.15, 0.2) is 22.4 Å². The number of hydrogen-bond acceptors (Lipinski definition) is 6. The van der Waals surface area contributed by atoms with E-state index in [1.807, 2.05) is 32.0 Å². The number of carbonyl (C=O) groups excluding carboxylic acids is 2. The Hall–Kier alpha value is -3.33. The van der Waals surface area contributed by atoms with Crippen LogP contribution in [0.15, 0.2) is 65.6 Å². The quantitative estimate of drug-likeness (QED) is 0.278. The van der Waals surface area contributed by atoms with Gasteiger partial charge in [0, 0.05) is 10.7 Å². The van der Waals surface area contributed by atoms with Crippen molar-refractivity contribution in [1.29, 1.82) is 0 Å². The highest BCUT2D eigenvalue weighted by atomic mass is 35.5. The number of ether oxygens (including phenoxy) is 2. The molecule has 184 valence electrons. The molecule has 1 fully saturated rings. The number of nitrogens with one attached hydrogen (secondary N) is 1. The second-order valence-electron chi connectivity index (χ2n) is 8.12. The average molecular weight is 539 g/mol. The van der Waals surface area contributed by atoms with E-state index in [9.17, 15) is 9.59 Å². The third-order valence-electron chi connectivity index (χ3n) is 5.23. The highest BCUT2D eigenvalue weighted by Crippen LogP contribution is 2.37. The van der Waals surface area contributed by atoms with Crippen LogP contribution in [0.1, 0.15) is 16.7 Å². The third kappa shape index (κ3) is 6.07. The van der Waals surface area contributed by atoms with Crippen molar-refractivity contribution >= 4 is 69.2 Å². The van der Waals surface area contributed by atoms with Gasteiger partial charge in [0.2, 0.25) is 0 Å². The van der Waals surface area contributed by atoms with Crippen molar-refractivity contribution < 1.29 is 19.1 Å². The van der Waals surface area contributed by atoms with E-state index >= 15 is 0 Å². The highest BCUT2D eigenvalue weighted by molar-refractivity contribution is 8.27. The molecule has 3 aromatic rings. The van der Waals surface area contributed by atoms with Crippen LogP contribution in [0.3, 0.4) is 0 Å². The van der Waals surface area contributed by atoms with Gasteiger partial charge < -0.3 is 14.8 Å². The normalized spacial score (nSPS) is 14.3. The summed E-state index contributed by atoms with van der Waals surface area (Å²) in [5.41, 5.74) is 4.24. The van der Waals surface area contributed by atoms with E-state index in [1.165, 1.54) is 23.8 Å². The summed E-state index contributed by atoms with van der Waals surface area (Å²) in [4.78, 5) is 27.4. The smallest absolute Gasteiger partial charge is 0.270 e. The fourth-order valence-electron chi connectivity index (χ4n) is 3.71. The first-order chi connectivity index (χ1) is 17.2. The number of thiocarbonyl (C=S) groups is 1. The zero-order valence-electron chi connectivity index (χ0n) is 19.8. The molecule has 1 saturated heterocycles. The minimum Gasteiger partial charge on any atom is -0.493 e. The van der Waals surface area contributed by atoms with Gasteiger partial charge in [-0.3, -0.25) is 14.5 Å². The van der Waals surface area contributed by atoms with E-state index in [0.29, 0.717) is 31.4 Å². The van der Waals surface area contributed by atoms with Crippen LogP contribution in [-0.4, -0.2) is 29.9 Å². The average Bonchev–Trinajstić information content (AvgIpc) is 3.10. The standard InChI is InChI=1S/C27H23ClN2O4S2/c1-16-10-17(2)12-20(11-16)29-25(31)15-34-22-9-4-18(13-23(22)33-3)14-24-26(32)30(27(35)36-24)21-7-5-19(28)6-8-21/h4-14H,15H2,1-3H3,(H,29,31)/b24-14-. The molecule has 0 atom stereocenters. The lowest BCUT2D eigenvalue weighted by molar-refractivity contribution is -0.118. The van der Waals surface area contributed by atoms with Gasteiger partial charge in [0.1, 0.15) is 0 Å². The number of halogens is 1. The number of nitrogens with zero attached hydrogens (tertiary/aromatic N) is 1. The molecule has 1 heterocycles. The maximum Gasteiger partial charge on any atom is 0.270 e. The second kappa shape index (κ2) is 11.2. The van der Waals surface area contributed by atoms with Crippen LogP contribution in [0.5, 0.6) is 11.5 Å². The maximum atomic E-state index is 13.0. The van der Waals surface area contributed by atoms with E-state index in [0.717, 1.165) is 22.4 Å². The van der Waals surface area contributed by atoms with Crippen LogP contribution in [0.25, 0.3) is 6.08 Å². The molecule has 0 radical (unpaired) electrons. The first kappa shape index (κ1) is 25.8. The fourth-order valence-corrected chi connectivity index (χ4v) is 5.14. The monoisotopic (exact) mass is 538 g/mol. The molecule has 0 bridgehead atoms. The molecule has 4 rings (SSSR count). The van der Waals surface area contributed by atoms with Crippen LogP contribution in [-0.2, 0) is 9.59 Å². The number of benzene rings is 3. The van der Waals surface area contributed by atoms with E-state index < -0.39 is 0 Å². The van der Waals surface area contributed by atoms with E-state index in [2.05, 4.69) is 5.32 Å². The van der Waals surface area contributed by atoms with Crippen LogP contribution in [0.2, 0.25) is 5.02 Å². The number of anilines is 2. The molecule has 6 nitrogen and oxygen atoms in total. The van der Waals surface area contributed by atoms with Gasteiger partial charge in [-0.2, -0.15) is 0 Å². The first-order valence-electron chi connectivity index (χ1n) is 11.0. The summed E-state index contributed by atoms with van der Waals surface area (Å²) in [7, 11) is 1.52. The lowest BCUT2D eigenvalue weighted by atomic mass is 10.1. The second-order valence-corrected chi connectivity index (χ2v) is 10.2. The molecule has 3 aromatic carbocycles. The molecule has 9 heteroatoms. The fraction of sp³-hybridized carbons (Fsp3) is 0.148. The predicted molar refractivity (Wildman–Crippen MR) is 150 cm³/mol. The number of hydrogen-bond donors (Lipinski definition) is 1. The number of amides is 2. The van der Waals surface area contributed by atoms with Gasteiger partial charge in [-0.15, -0.1) is 0 Å². The molecule has 0 aromatic heterocycles. The first-order valence-corrected chi connectivity index (χ1v) is 12.6. The zero-order valence-corrected chi connectivity index (χ0v) is 22.2. The Bertz CT molecular complexity index is 1350. The number of thioether (sulfide) groups is 1. The van der Waals surface area contributed by atoms with Crippen molar-refractivity contribution in [3.63, 3.8) is 0 Å². The van der Waals surface area contributed by atoms with Crippen LogP contribution in [0, 0.1) is 13.8 Å². The molecule has 2 amide bonds. The van der Waals surface area contributed by atoms with Crippen molar-refractivity contribution in [3.05, 3.63) is 87.3 Å². The molecule has 0 saturated carbocycles. The van der Waals surface area contributed by atoms with Gasteiger partial charge in [0.25, 0.3) is 11.8 Å². The van der Waals surface area contributed by atoms with E-state index in [1.54, 1.807) is 48.5 Å². The third-order valence-corrected chi connectivity index (χ3v) is 6.78. The highest BCUT2D eigenvalue weighted by Gasteiger charge is 2.33. The van der Waals surface area contributed by atoms with Crippen molar-refractivity contribution in [2.45, 2.75) is 13.8 Å². The Morgan fingerprint density at radius 1 is 1.06 bits per heavy atom. The van der Waals surface area contributed by atoms with Crippen molar-refractivity contribution in [1.82, 2.24) is 0 Å². The van der Waals surface area contributed by atoms with Crippen molar-refractivity contribution in [2.24, 2.45) is 0 Å². The molecule has 1 aliphatic heterocycles. The van der Waals surface area contributed by atoms with Gasteiger partial charge >= 0.3 is 0 Å². The Morgan fingerprint density at radius 2 is 1.75 bits per heavy atom. The number of aryl methyl sites for hydroxylation is 2. The van der Waals surface area contributed by atoms with Crippen LogP contribution < -0.4 is 19.7 Å². The summed E-state index contributed by atoms with van der Waals surface area (Å²) < 4.78 is 11.6. The molecular formula is C27H23ClN2O4S2. The van der Waals surface area contributed by atoms with Crippen molar-refractivity contribution in [3.8, 4) is 11.5 Å². The largest absolute Gasteiger partial charge is 0.493 e. The number of rotatable bonds is 7. The van der Waals surface area contributed by atoms with Gasteiger partial charge in [-0.1, -0.05) is 47.7 Å². The molecule has 36 heavy (non-hydrogen) atoms. The molecular weight excluding hydrogens is 516 g/mol. The summed E-state index contributed by atoms with van der Waals surface area (Å²) in [6.07, 6.45) is 1.74. The van der Waals surface area contributed by atoms with Gasteiger partial charge in [-0.25, -0.2) is 0 Å². The molecule has 0 unspecified atom stereocenters. The molecule has 0 spiro atoms. The summed E-state index contributed by atoms with van der Waals surface area (Å²) in [6.45, 7) is 3.77. The van der Waals surface area contributed by atoms with Gasteiger partial charge in [0.05, 0.1) is 17.7 Å². The lowest BCUT2D eigenvalue weighted by Gasteiger charge is -2.14. The molecule has 1 N–H and O–H groups in total. The topological polar surface area (TPSA) is 67.9 Å². The molecule has 1 aliphatic rings. The minimum atomic E-state index is -0.281. The van der Waals surface area contributed by atoms with Gasteiger partial charge in [-0.05, 0) is 85.1 Å². The van der Waals surface area contributed by atoms with Crippen LogP contribution >= 0.6 is 35.6 Å². The lowest BCUT2D eigenvalue weighted by Crippen LogP contribution is -2.27. The Balaban J connectivity index is 1.45. The number of methoxy groups -OCH3 is 1. The summed E-state index contributed by atoms with van der Waals surface area (Å²) >= 11 is 12.6. The van der Waals surface area contributed by atoms with E-state index in [-0.39, 0.29) is 18.4 Å².